The van der Waals surface area contributed by atoms with Crippen molar-refractivity contribution < 1.29 is 18.0 Å². The first-order chi connectivity index (χ1) is 10.4. The normalized spacial score (nSPS) is 26.4. The molecule has 0 aromatic heterocycles. The van der Waals surface area contributed by atoms with Gasteiger partial charge in [0.2, 0.25) is 5.91 Å². The maximum absolute atomic E-state index is 13.1. The minimum absolute atomic E-state index is 0.0271. The van der Waals surface area contributed by atoms with E-state index in [-0.39, 0.29) is 18.0 Å². The summed E-state index contributed by atoms with van der Waals surface area (Å²) in [5, 5.41) is 2.87. The van der Waals surface area contributed by atoms with Gasteiger partial charge in [0.05, 0.1) is 5.56 Å². The van der Waals surface area contributed by atoms with Gasteiger partial charge in [0, 0.05) is 13.1 Å². The number of hydrogen-bond acceptors (Lipinski definition) is 2. The van der Waals surface area contributed by atoms with Crippen molar-refractivity contribution in [1.29, 1.82) is 0 Å². The van der Waals surface area contributed by atoms with Gasteiger partial charge in [0.25, 0.3) is 0 Å². The Morgan fingerprint density at radius 3 is 2.64 bits per heavy atom. The van der Waals surface area contributed by atoms with E-state index in [0.29, 0.717) is 13.1 Å². The summed E-state index contributed by atoms with van der Waals surface area (Å²) >= 11 is 0. The number of nitrogens with zero attached hydrogens (tertiary/aromatic N) is 1. The monoisotopic (exact) mass is 312 g/mol. The Bertz CT molecular complexity index is 573. The predicted molar refractivity (Wildman–Crippen MR) is 76.1 cm³/mol. The standard InChI is InChI=1S/C16H19F3N2O/c17-16(18,19)13-6-2-1-5-12(13)11-21-10-4-8-15(21)7-3-9-20-14(15)22/h1-2,5-6H,3-4,7-11H2,(H,20,22). The van der Waals surface area contributed by atoms with E-state index in [0.717, 1.165) is 31.7 Å². The van der Waals surface area contributed by atoms with E-state index in [1.165, 1.54) is 12.1 Å². The molecule has 2 saturated heterocycles. The zero-order valence-electron chi connectivity index (χ0n) is 12.2. The van der Waals surface area contributed by atoms with Crippen molar-refractivity contribution in [2.45, 2.75) is 43.9 Å². The molecule has 0 aliphatic carbocycles. The lowest BCUT2D eigenvalue weighted by atomic mass is 9.86. The Labute approximate surface area is 127 Å². The summed E-state index contributed by atoms with van der Waals surface area (Å²) in [6.45, 7) is 1.50. The van der Waals surface area contributed by atoms with Gasteiger partial charge in [-0.3, -0.25) is 9.69 Å². The van der Waals surface area contributed by atoms with Crippen LogP contribution in [0.3, 0.4) is 0 Å². The van der Waals surface area contributed by atoms with Crippen LogP contribution in [0.25, 0.3) is 0 Å². The van der Waals surface area contributed by atoms with Crippen molar-refractivity contribution in [3.8, 4) is 0 Å². The maximum Gasteiger partial charge on any atom is 0.416 e. The Hall–Kier alpha value is -1.56. The molecule has 1 atom stereocenters. The van der Waals surface area contributed by atoms with E-state index in [4.69, 9.17) is 0 Å². The van der Waals surface area contributed by atoms with Crippen LogP contribution in [0.5, 0.6) is 0 Å². The van der Waals surface area contributed by atoms with Gasteiger partial charge in [0.15, 0.2) is 0 Å². The summed E-state index contributed by atoms with van der Waals surface area (Å²) in [6, 6.07) is 5.64. The Morgan fingerprint density at radius 2 is 1.91 bits per heavy atom. The van der Waals surface area contributed by atoms with Crippen LogP contribution in [0.1, 0.15) is 36.8 Å². The predicted octanol–water partition coefficient (Wildman–Crippen LogP) is 2.95. The lowest BCUT2D eigenvalue weighted by Crippen LogP contribution is -2.58. The summed E-state index contributed by atoms with van der Waals surface area (Å²) in [7, 11) is 0. The molecule has 6 heteroatoms. The number of carbonyl (C=O) groups is 1. The highest BCUT2D eigenvalue weighted by atomic mass is 19.4. The average molecular weight is 312 g/mol. The molecule has 1 aromatic rings. The van der Waals surface area contributed by atoms with E-state index in [2.05, 4.69) is 5.32 Å². The van der Waals surface area contributed by atoms with Gasteiger partial charge in [-0.15, -0.1) is 0 Å². The Balaban J connectivity index is 1.88. The van der Waals surface area contributed by atoms with Crippen molar-refractivity contribution in [2.24, 2.45) is 0 Å². The van der Waals surface area contributed by atoms with E-state index in [1.807, 2.05) is 4.90 Å². The van der Waals surface area contributed by atoms with E-state index in [1.54, 1.807) is 6.07 Å². The highest BCUT2D eigenvalue weighted by molar-refractivity contribution is 5.87. The number of benzene rings is 1. The van der Waals surface area contributed by atoms with Crippen LogP contribution in [-0.2, 0) is 17.5 Å². The van der Waals surface area contributed by atoms with Gasteiger partial charge in [-0.2, -0.15) is 13.2 Å². The molecule has 0 radical (unpaired) electrons. The molecular formula is C16H19F3N2O. The molecule has 1 aromatic carbocycles. The Morgan fingerprint density at radius 1 is 1.18 bits per heavy atom. The highest BCUT2D eigenvalue weighted by Crippen LogP contribution is 2.39. The molecule has 3 rings (SSSR count). The first kappa shape index (κ1) is 15.3. The molecule has 0 bridgehead atoms. The first-order valence-corrected chi connectivity index (χ1v) is 7.62. The van der Waals surface area contributed by atoms with Gasteiger partial charge in [-0.25, -0.2) is 0 Å². The number of likely N-dealkylation sites (tertiary alicyclic amines) is 1. The maximum atomic E-state index is 13.1. The fourth-order valence-corrected chi connectivity index (χ4v) is 3.71. The van der Waals surface area contributed by atoms with Crippen LogP contribution in [0.2, 0.25) is 0 Å². The average Bonchev–Trinajstić information content (AvgIpc) is 2.86. The van der Waals surface area contributed by atoms with Gasteiger partial charge in [-0.05, 0) is 43.9 Å². The smallest absolute Gasteiger partial charge is 0.354 e. The molecule has 1 unspecified atom stereocenters. The van der Waals surface area contributed by atoms with Crippen molar-refractivity contribution >= 4 is 5.91 Å². The van der Waals surface area contributed by atoms with E-state index < -0.39 is 17.3 Å². The zero-order chi connectivity index (χ0) is 15.8. The number of halogens is 3. The minimum atomic E-state index is -4.36. The van der Waals surface area contributed by atoms with Crippen molar-refractivity contribution in [3.63, 3.8) is 0 Å². The zero-order valence-corrected chi connectivity index (χ0v) is 12.2. The molecule has 1 spiro atoms. The summed E-state index contributed by atoms with van der Waals surface area (Å²) < 4.78 is 39.4. The summed E-state index contributed by atoms with van der Waals surface area (Å²) in [5.41, 5.74) is -0.973. The fourth-order valence-electron chi connectivity index (χ4n) is 3.71. The molecule has 2 fully saturated rings. The fraction of sp³-hybridized carbons (Fsp3) is 0.562. The molecule has 2 aliphatic rings. The second-order valence-electron chi connectivity index (χ2n) is 6.07. The van der Waals surface area contributed by atoms with Crippen molar-refractivity contribution in [3.05, 3.63) is 35.4 Å². The molecule has 1 amide bonds. The van der Waals surface area contributed by atoms with Crippen molar-refractivity contribution in [2.75, 3.05) is 13.1 Å². The molecule has 1 N–H and O–H groups in total. The van der Waals surface area contributed by atoms with Crippen LogP contribution in [0.4, 0.5) is 13.2 Å². The molecule has 3 nitrogen and oxygen atoms in total. The van der Waals surface area contributed by atoms with Crippen LogP contribution in [0, 0.1) is 0 Å². The largest absolute Gasteiger partial charge is 0.416 e. The third-order valence-corrected chi connectivity index (χ3v) is 4.78. The lowest BCUT2D eigenvalue weighted by molar-refractivity contribution is -0.139. The number of rotatable bonds is 2. The van der Waals surface area contributed by atoms with E-state index in [9.17, 15) is 18.0 Å². The van der Waals surface area contributed by atoms with Crippen LogP contribution in [0.15, 0.2) is 24.3 Å². The summed E-state index contributed by atoms with van der Waals surface area (Å²) in [6.07, 6.45) is -1.18. The van der Waals surface area contributed by atoms with Gasteiger partial charge >= 0.3 is 6.18 Å². The number of piperidine rings is 1. The second kappa shape index (κ2) is 5.57. The third kappa shape index (κ3) is 2.60. The first-order valence-electron chi connectivity index (χ1n) is 7.62. The second-order valence-corrected chi connectivity index (χ2v) is 6.07. The molecule has 0 saturated carbocycles. The molecular weight excluding hydrogens is 293 g/mol. The minimum Gasteiger partial charge on any atom is -0.354 e. The van der Waals surface area contributed by atoms with Crippen LogP contribution in [-0.4, -0.2) is 29.4 Å². The van der Waals surface area contributed by atoms with Crippen LogP contribution >= 0.6 is 0 Å². The SMILES string of the molecule is O=C1NCCCC12CCCN2Cc1ccccc1C(F)(F)F. The highest BCUT2D eigenvalue weighted by Gasteiger charge is 2.48. The van der Waals surface area contributed by atoms with Gasteiger partial charge < -0.3 is 5.32 Å². The topological polar surface area (TPSA) is 32.3 Å². The molecule has 2 heterocycles. The molecule has 2 aliphatic heterocycles. The number of alkyl halides is 3. The van der Waals surface area contributed by atoms with E-state index >= 15 is 0 Å². The summed E-state index contributed by atoms with van der Waals surface area (Å²) in [4.78, 5) is 14.3. The number of amides is 1. The summed E-state index contributed by atoms with van der Waals surface area (Å²) in [5.74, 6) is -0.0271. The molecule has 22 heavy (non-hydrogen) atoms. The molecule has 120 valence electrons. The van der Waals surface area contributed by atoms with Gasteiger partial charge in [0.1, 0.15) is 5.54 Å². The number of nitrogens with one attached hydrogen (secondary N) is 1. The van der Waals surface area contributed by atoms with Crippen molar-refractivity contribution in [1.82, 2.24) is 10.2 Å². The number of hydrogen-bond donors (Lipinski definition) is 1. The quantitative estimate of drug-likeness (QED) is 0.910. The van der Waals surface area contributed by atoms with Crippen LogP contribution < -0.4 is 5.32 Å². The lowest BCUT2D eigenvalue weighted by Gasteiger charge is -2.40. The Kier molecular flexibility index (Phi) is 3.89. The number of carbonyl (C=O) groups excluding carboxylic acids is 1. The van der Waals surface area contributed by atoms with Gasteiger partial charge in [-0.1, -0.05) is 18.2 Å². The third-order valence-electron chi connectivity index (χ3n) is 4.78.